The lowest BCUT2D eigenvalue weighted by molar-refractivity contribution is -0.212. The third-order valence-electron chi connectivity index (χ3n) is 7.13. The van der Waals surface area contributed by atoms with E-state index in [2.05, 4.69) is 10.3 Å². The molecule has 0 bridgehead atoms. The number of halogens is 3. The summed E-state index contributed by atoms with van der Waals surface area (Å²) in [5.41, 5.74) is 0.659. The van der Waals surface area contributed by atoms with Gasteiger partial charge in [-0.1, -0.05) is 11.6 Å². The molecule has 0 radical (unpaired) electrons. The molecule has 4 rings (SSSR count). The smallest absolute Gasteiger partial charge is 0.257 e. The fourth-order valence-corrected chi connectivity index (χ4v) is 5.14. The summed E-state index contributed by atoms with van der Waals surface area (Å²) in [6, 6.07) is 4.94. The van der Waals surface area contributed by atoms with Gasteiger partial charge < -0.3 is 30.6 Å². The second-order valence-electron chi connectivity index (χ2n) is 9.93. The number of benzene rings is 1. The van der Waals surface area contributed by atoms with Crippen LogP contribution in [-0.4, -0.2) is 71.2 Å². The van der Waals surface area contributed by atoms with E-state index in [-0.39, 0.29) is 49.0 Å². The number of aliphatic hydroxyl groups is 2. The summed E-state index contributed by atoms with van der Waals surface area (Å²) in [4.78, 5) is 11.2. The molecule has 0 unspecified atom stereocenters. The Hall–Kier alpha value is -2.82. The van der Waals surface area contributed by atoms with Crippen molar-refractivity contribution in [2.75, 3.05) is 38.2 Å². The lowest BCUT2D eigenvalue weighted by Gasteiger charge is -2.60. The summed E-state index contributed by atoms with van der Waals surface area (Å²) in [7, 11) is 1.73. The number of nitrogens with zero attached hydrogens (tertiary/aromatic N) is 3. The molecule has 200 valence electrons. The highest BCUT2D eigenvalue weighted by atomic mass is 35.5. The maximum absolute atomic E-state index is 14.3. The van der Waals surface area contributed by atoms with Crippen molar-refractivity contribution in [2.45, 2.75) is 45.6 Å². The first kappa shape index (κ1) is 27.2. The van der Waals surface area contributed by atoms with Crippen molar-refractivity contribution in [1.29, 1.82) is 5.41 Å². The monoisotopic (exact) mass is 535 g/mol. The number of ether oxygens (including phenoxy) is 1. The first-order valence-corrected chi connectivity index (χ1v) is 12.5. The van der Waals surface area contributed by atoms with Crippen molar-refractivity contribution in [2.24, 2.45) is 5.41 Å². The Bertz CT molecular complexity index is 1240. The van der Waals surface area contributed by atoms with Crippen molar-refractivity contribution in [3.05, 3.63) is 40.2 Å². The first-order chi connectivity index (χ1) is 17.4. The number of aliphatic hydroxyl groups excluding tert-OH is 2. The highest BCUT2D eigenvalue weighted by molar-refractivity contribution is 6.33. The zero-order chi connectivity index (χ0) is 27.1. The Balaban J connectivity index is 1.77. The number of allylic oxidation sites excluding steroid dienone is 2. The van der Waals surface area contributed by atoms with Gasteiger partial charge in [0.2, 0.25) is 0 Å². The van der Waals surface area contributed by atoms with Crippen LogP contribution in [0.25, 0.3) is 17.0 Å². The van der Waals surface area contributed by atoms with E-state index in [4.69, 9.17) is 26.7 Å². The summed E-state index contributed by atoms with van der Waals surface area (Å²) >= 11 is 6.52. The lowest BCUT2D eigenvalue weighted by atomic mass is 9.60. The van der Waals surface area contributed by atoms with Crippen LogP contribution in [0.1, 0.15) is 37.9 Å². The molecule has 1 spiro atoms. The zero-order valence-electron chi connectivity index (χ0n) is 21.3. The predicted octanol–water partition coefficient (Wildman–Crippen LogP) is 4.63. The van der Waals surface area contributed by atoms with E-state index in [0.717, 1.165) is 0 Å². The zero-order valence-corrected chi connectivity index (χ0v) is 22.1. The van der Waals surface area contributed by atoms with Crippen LogP contribution in [0.4, 0.5) is 14.6 Å². The summed E-state index contributed by atoms with van der Waals surface area (Å²) in [6.07, 6.45) is -0.349. The topological polar surface area (TPSA) is 115 Å². The fraction of sp³-hybridized carbons (Fsp3) is 0.500. The van der Waals surface area contributed by atoms with E-state index in [1.54, 1.807) is 44.0 Å². The van der Waals surface area contributed by atoms with Gasteiger partial charge in [-0.3, -0.25) is 0 Å². The fourth-order valence-electron chi connectivity index (χ4n) is 4.94. The Morgan fingerprint density at radius 2 is 1.97 bits per heavy atom. The van der Waals surface area contributed by atoms with Crippen LogP contribution in [0, 0.1) is 17.7 Å². The van der Waals surface area contributed by atoms with Gasteiger partial charge in [0.15, 0.2) is 5.82 Å². The van der Waals surface area contributed by atoms with Gasteiger partial charge >= 0.3 is 0 Å². The van der Waals surface area contributed by atoms with Gasteiger partial charge in [-0.2, -0.15) is 0 Å². The maximum Gasteiger partial charge on any atom is 0.257 e. The molecule has 37 heavy (non-hydrogen) atoms. The number of nitrogens with one attached hydrogen (secondary N) is 2. The highest BCUT2D eigenvalue weighted by Crippen LogP contribution is 2.59. The molecule has 1 aromatic heterocycles. The standard InChI is InChI=1S/C26H32ClF2N5O3/c1-14-22(21(15(2)30)16(3)35)32-23(33-24(14)34-12-25(13-34)7-8-26(25,28)29)19-9-18(5-6-20(19)27)37-11-17(36)10-31-4/h5-6,9,17,30-31,35-36H,7-8,10-13H2,1-4H3/b21-16+,30-15?/t17-/m1/s1. The van der Waals surface area contributed by atoms with Crippen LogP contribution >= 0.6 is 11.6 Å². The molecular weight excluding hydrogens is 504 g/mol. The minimum atomic E-state index is -2.69. The van der Waals surface area contributed by atoms with E-state index in [1.165, 1.54) is 6.92 Å². The van der Waals surface area contributed by atoms with Crippen LogP contribution in [0.15, 0.2) is 24.0 Å². The van der Waals surface area contributed by atoms with E-state index >= 15 is 0 Å². The van der Waals surface area contributed by atoms with Gasteiger partial charge in [-0.25, -0.2) is 18.7 Å². The number of rotatable bonds is 9. The van der Waals surface area contributed by atoms with Crippen molar-refractivity contribution in [3.63, 3.8) is 0 Å². The van der Waals surface area contributed by atoms with E-state index in [1.807, 2.05) is 0 Å². The van der Waals surface area contributed by atoms with Gasteiger partial charge in [0.05, 0.1) is 21.7 Å². The largest absolute Gasteiger partial charge is 0.512 e. The molecule has 1 saturated heterocycles. The van der Waals surface area contributed by atoms with Gasteiger partial charge in [-0.15, -0.1) is 0 Å². The third kappa shape index (κ3) is 5.02. The molecule has 4 N–H and O–H groups in total. The molecule has 1 saturated carbocycles. The molecular formula is C26H32ClF2N5O3. The van der Waals surface area contributed by atoms with E-state index in [0.29, 0.717) is 46.4 Å². The number of aromatic nitrogens is 2. The van der Waals surface area contributed by atoms with Gasteiger partial charge in [0.1, 0.15) is 30.0 Å². The van der Waals surface area contributed by atoms with Gasteiger partial charge in [0, 0.05) is 42.9 Å². The third-order valence-corrected chi connectivity index (χ3v) is 7.46. The number of anilines is 1. The van der Waals surface area contributed by atoms with Crippen LogP contribution in [0.2, 0.25) is 5.02 Å². The molecule has 1 aromatic carbocycles. The summed E-state index contributed by atoms with van der Waals surface area (Å²) in [5, 5.41) is 31.8. The van der Waals surface area contributed by atoms with Crippen molar-refractivity contribution >= 4 is 28.7 Å². The Kier molecular flexibility index (Phi) is 7.47. The first-order valence-electron chi connectivity index (χ1n) is 12.1. The number of hydrogen-bond donors (Lipinski definition) is 4. The summed E-state index contributed by atoms with van der Waals surface area (Å²) < 4.78 is 34.3. The molecule has 2 fully saturated rings. The van der Waals surface area contributed by atoms with Crippen LogP contribution in [0.5, 0.6) is 5.75 Å². The molecule has 2 aliphatic rings. The van der Waals surface area contributed by atoms with Gasteiger partial charge in [0.25, 0.3) is 5.92 Å². The Morgan fingerprint density at radius 3 is 2.51 bits per heavy atom. The highest BCUT2D eigenvalue weighted by Gasteiger charge is 2.67. The molecule has 11 heteroatoms. The van der Waals surface area contributed by atoms with Gasteiger partial charge in [-0.05, 0) is 52.4 Å². The Labute approximate surface area is 219 Å². The lowest BCUT2D eigenvalue weighted by Crippen LogP contribution is -2.70. The average Bonchev–Trinajstić information content (AvgIpc) is 2.79. The van der Waals surface area contributed by atoms with E-state index < -0.39 is 17.4 Å². The quantitative estimate of drug-likeness (QED) is 0.273. The summed E-state index contributed by atoms with van der Waals surface area (Å²) in [6.45, 7) is 5.52. The average molecular weight is 536 g/mol. The molecule has 8 nitrogen and oxygen atoms in total. The normalized spacial score (nSPS) is 19.1. The van der Waals surface area contributed by atoms with E-state index in [9.17, 15) is 19.0 Å². The second-order valence-corrected chi connectivity index (χ2v) is 10.3. The second kappa shape index (κ2) is 10.2. The SMILES string of the molecule is CNC[C@@H](O)COc1ccc(Cl)c(-c2nc(/C(C(C)=N)=C(\C)O)c(C)c(N3CC4(CCC4(F)F)C3)n2)c1. The molecule has 2 heterocycles. The van der Waals surface area contributed by atoms with Crippen molar-refractivity contribution in [1.82, 2.24) is 15.3 Å². The predicted molar refractivity (Wildman–Crippen MR) is 140 cm³/mol. The molecule has 1 aliphatic carbocycles. The number of hydrogen-bond acceptors (Lipinski definition) is 8. The Morgan fingerprint density at radius 1 is 1.27 bits per heavy atom. The van der Waals surface area contributed by atoms with Crippen LogP contribution < -0.4 is 15.0 Å². The van der Waals surface area contributed by atoms with Crippen molar-refractivity contribution < 1.29 is 23.7 Å². The van der Waals surface area contributed by atoms with Crippen LogP contribution in [-0.2, 0) is 0 Å². The number of alkyl halides is 2. The maximum atomic E-state index is 14.3. The van der Waals surface area contributed by atoms with Crippen molar-refractivity contribution in [3.8, 4) is 17.1 Å². The molecule has 1 atom stereocenters. The molecule has 0 amide bonds. The summed E-state index contributed by atoms with van der Waals surface area (Å²) in [5.74, 6) is -1.67. The number of likely N-dealkylation sites (N-methyl/N-ethyl adjacent to an activating group) is 1. The molecule has 2 aromatic rings. The van der Waals surface area contributed by atoms with Crippen LogP contribution in [0.3, 0.4) is 0 Å². The minimum Gasteiger partial charge on any atom is -0.512 e. The minimum absolute atomic E-state index is 0.0564. The molecule has 1 aliphatic heterocycles.